The van der Waals surface area contributed by atoms with Crippen LogP contribution in [0.15, 0.2) is 36.0 Å². The second-order valence-corrected chi connectivity index (χ2v) is 2.73. The van der Waals surface area contributed by atoms with E-state index in [4.69, 9.17) is 21.9 Å². The summed E-state index contributed by atoms with van der Waals surface area (Å²) in [5, 5.41) is 0. The average molecular weight is 179 g/mol. The summed E-state index contributed by atoms with van der Waals surface area (Å²) < 4.78 is 5.14. The Morgan fingerprint density at radius 2 is 1.62 bits per heavy atom. The Morgan fingerprint density at radius 1 is 1.08 bits per heavy atom. The lowest BCUT2D eigenvalue weighted by molar-refractivity contribution is 0.411. The molecule has 0 bridgehead atoms. The van der Waals surface area contributed by atoms with Gasteiger partial charge in [0.25, 0.3) is 0 Å². The van der Waals surface area contributed by atoms with Gasteiger partial charge in [-0.15, -0.1) is 0 Å². The maximum Gasteiger partial charge on any atom is 0.230 e. The van der Waals surface area contributed by atoms with Gasteiger partial charge in [-0.1, -0.05) is 17.7 Å². The van der Waals surface area contributed by atoms with Crippen molar-refractivity contribution < 1.29 is 4.74 Å². The highest BCUT2D eigenvalue weighted by Gasteiger charge is 1.97. The zero-order chi connectivity index (χ0) is 9.84. The zero-order valence-corrected chi connectivity index (χ0v) is 7.45. The average Bonchev–Trinajstić information content (AvgIpc) is 2.08. The van der Waals surface area contributed by atoms with E-state index in [2.05, 4.69) is 0 Å². The molecule has 0 atom stereocenters. The van der Waals surface area contributed by atoms with Gasteiger partial charge in [0.05, 0.1) is 0 Å². The Hall–Kier alpha value is -1.84. The van der Waals surface area contributed by atoms with E-state index < -0.39 is 0 Å². The summed E-state index contributed by atoms with van der Waals surface area (Å²) in [6, 6.07) is 7.42. The molecule has 0 amide bonds. The summed E-state index contributed by atoms with van der Waals surface area (Å²) in [6.45, 7) is 1.99. The van der Waals surface area contributed by atoms with Crippen LogP contribution in [0.4, 0.5) is 0 Å². The van der Waals surface area contributed by atoms with E-state index >= 15 is 0 Å². The van der Waals surface area contributed by atoms with E-state index in [1.54, 1.807) is 12.1 Å². The Kier molecular flexibility index (Phi) is 2.64. The lowest BCUT2D eigenvalue weighted by Gasteiger charge is -2.06. The highest BCUT2D eigenvalue weighted by molar-refractivity contribution is 5.27. The smallest absolute Gasteiger partial charge is 0.230 e. The first-order chi connectivity index (χ1) is 6.09. The topological polar surface area (TPSA) is 87.3 Å². The van der Waals surface area contributed by atoms with Gasteiger partial charge in [0, 0.05) is 0 Å². The van der Waals surface area contributed by atoms with Crippen molar-refractivity contribution in [1.82, 2.24) is 0 Å². The molecule has 13 heavy (non-hydrogen) atoms. The Morgan fingerprint density at radius 3 is 2.08 bits per heavy atom. The van der Waals surface area contributed by atoms with Gasteiger partial charge < -0.3 is 21.9 Å². The van der Waals surface area contributed by atoms with Crippen LogP contribution in [0.3, 0.4) is 0 Å². The van der Waals surface area contributed by atoms with Gasteiger partial charge in [-0.05, 0) is 19.1 Å². The van der Waals surface area contributed by atoms with Crippen molar-refractivity contribution in [3.63, 3.8) is 0 Å². The van der Waals surface area contributed by atoms with Gasteiger partial charge in [-0.2, -0.15) is 0 Å². The van der Waals surface area contributed by atoms with E-state index in [1.807, 2.05) is 19.1 Å². The molecule has 0 unspecified atom stereocenters. The lowest BCUT2D eigenvalue weighted by atomic mass is 10.2. The molecule has 1 rings (SSSR count). The number of ether oxygens (including phenoxy) is 1. The molecule has 6 N–H and O–H groups in total. The number of hydrogen-bond acceptors (Lipinski definition) is 4. The van der Waals surface area contributed by atoms with Gasteiger partial charge in [0.2, 0.25) is 5.88 Å². The molecule has 70 valence electrons. The molecule has 0 aliphatic heterocycles. The van der Waals surface area contributed by atoms with E-state index in [0.29, 0.717) is 5.75 Å². The van der Waals surface area contributed by atoms with Gasteiger partial charge in [-0.25, -0.2) is 0 Å². The van der Waals surface area contributed by atoms with E-state index in [-0.39, 0.29) is 11.7 Å². The molecule has 0 saturated heterocycles. The van der Waals surface area contributed by atoms with Crippen LogP contribution >= 0.6 is 0 Å². The van der Waals surface area contributed by atoms with Crippen molar-refractivity contribution in [2.75, 3.05) is 0 Å². The quantitative estimate of drug-likeness (QED) is 0.572. The fraction of sp³-hybridized carbons (Fsp3) is 0.111. The van der Waals surface area contributed by atoms with Crippen molar-refractivity contribution in [1.29, 1.82) is 0 Å². The fourth-order valence-corrected chi connectivity index (χ4v) is 0.792. The summed E-state index contributed by atoms with van der Waals surface area (Å²) >= 11 is 0. The minimum absolute atomic E-state index is 0.0134. The van der Waals surface area contributed by atoms with Crippen LogP contribution in [0.2, 0.25) is 0 Å². The predicted molar refractivity (Wildman–Crippen MR) is 51.4 cm³/mol. The monoisotopic (exact) mass is 179 g/mol. The number of benzene rings is 1. The molecule has 0 heterocycles. The van der Waals surface area contributed by atoms with Crippen molar-refractivity contribution in [2.45, 2.75) is 6.92 Å². The first-order valence-electron chi connectivity index (χ1n) is 3.85. The molecular formula is C9H13N3O. The molecule has 4 heteroatoms. The molecule has 0 spiro atoms. The van der Waals surface area contributed by atoms with Crippen LogP contribution < -0.4 is 21.9 Å². The van der Waals surface area contributed by atoms with Crippen LogP contribution in [0.25, 0.3) is 0 Å². The van der Waals surface area contributed by atoms with Gasteiger partial charge in [0.1, 0.15) is 5.75 Å². The maximum absolute atomic E-state index is 5.39. The summed E-state index contributed by atoms with van der Waals surface area (Å²) in [7, 11) is 0. The molecule has 0 fully saturated rings. The molecule has 0 aliphatic rings. The number of aryl methyl sites for hydroxylation is 1. The summed E-state index contributed by atoms with van der Waals surface area (Å²) in [5.74, 6) is 0.640. The summed E-state index contributed by atoms with van der Waals surface area (Å²) in [6.07, 6.45) is 0. The first kappa shape index (κ1) is 9.25. The minimum atomic E-state index is -0.0134. The third-order valence-electron chi connectivity index (χ3n) is 1.53. The first-order valence-corrected chi connectivity index (χ1v) is 3.85. The Labute approximate surface area is 77.0 Å². The van der Waals surface area contributed by atoms with E-state index in [1.165, 1.54) is 0 Å². The van der Waals surface area contributed by atoms with Gasteiger partial charge in [0.15, 0.2) is 5.82 Å². The second kappa shape index (κ2) is 3.71. The normalized spacial score (nSPS) is 9.31. The summed E-state index contributed by atoms with van der Waals surface area (Å²) in [5.41, 5.74) is 17.0. The summed E-state index contributed by atoms with van der Waals surface area (Å²) in [4.78, 5) is 0. The maximum atomic E-state index is 5.39. The van der Waals surface area contributed by atoms with Crippen molar-refractivity contribution in [2.24, 2.45) is 17.2 Å². The van der Waals surface area contributed by atoms with E-state index in [9.17, 15) is 0 Å². The molecule has 1 aromatic rings. The highest BCUT2D eigenvalue weighted by atomic mass is 16.5. The van der Waals surface area contributed by atoms with E-state index in [0.717, 1.165) is 5.56 Å². The third-order valence-corrected chi connectivity index (χ3v) is 1.53. The SMILES string of the molecule is Cc1ccc(OC(N)=C(N)N)cc1. The van der Waals surface area contributed by atoms with Crippen molar-refractivity contribution in [3.8, 4) is 5.75 Å². The van der Waals surface area contributed by atoms with Crippen LogP contribution in [-0.4, -0.2) is 0 Å². The molecule has 1 aromatic carbocycles. The molecule has 0 radical (unpaired) electrons. The van der Waals surface area contributed by atoms with Crippen molar-refractivity contribution >= 4 is 0 Å². The zero-order valence-electron chi connectivity index (χ0n) is 7.45. The van der Waals surface area contributed by atoms with Crippen molar-refractivity contribution in [3.05, 3.63) is 41.5 Å². The largest absolute Gasteiger partial charge is 0.438 e. The van der Waals surface area contributed by atoms with Crippen LogP contribution in [0.5, 0.6) is 5.75 Å². The molecule has 0 aromatic heterocycles. The highest BCUT2D eigenvalue weighted by Crippen LogP contribution is 2.12. The molecule has 0 saturated carbocycles. The van der Waals surface area contributed by atoms with Crippen LogP contribution in [-0.2, 0) is 0 Å². The second-order valence-electron chi connectivity index (χ2n) is 2.73. The van der Waals surface area contributed by atoms with Crippen LogP contribution in [0.1, 0.15) is 5.56 Å². The fourth-order valence-electron chi connectivity index (χ4n) is 0.792. The number of rotatable bonds is 2. The Bertz CT molecular complexity index is 312. The lowest BCUT2D eigenvalue weighted by Crippen LogP contribution is -2.20. The van der Waals surface area contributed by atoms with Gasteiger partial charge >= 0.3 is 0 Å². The standard InChI is InChI=1S/C9H13N3O/c1-6-2-4-7(5-3-6)13-9(12)8(10)11/h2-5H,10-12H2,1H3. The molecule has 0 aliphatic carbocycles. The Balaban J connectivity index is 2.76. The van der Waals surface area contributed by atoms with Crippen LogP contribution in [0, 0.1) is 6.92 Å². The predicted octanol–water partition coefficient (Wildman–Crippen LogP) is 0.377. The third kappa shape index (κ3) is 2.59. The number of nitrogens with two attached hydrogens (primary N) is 3. The number of hydrogen-bond donors (Lipinski definition) is 3. The molecule has 4 nitrogen and oxygen atoms in total. The van der Waals surface area contributed by atoms with Gasteiger partial charge in [-0.3, -0.25) is 0 Å². The molecular weight excluding hydrogens is 166 g/mol. The minimum Gasteiger partial charge on any atom is -0.438 e.